The summed E-state index contributed by atoms with van der Waals surface area (Å²) in [6.45, 7) is 0. The van der Waals surface area contributed by atoms with Crippen LogP contribution in [0.2, 0.25) is 0 Å². The molecule has 0 radical (unpaired) electrons. The van der Waals surface area contributed by atoms with Gasteiger partial charge in [-0.05, 0) is 215 Å². The van der Waals surface area contributed by atoms with Gasteiger partial charge in [0.05, 0.1) is 33.8 Å². The highest BCUT2D eigenvalue weighted by Gasteiger charge is 2.37. The smallest absolute Gasteiger partial charge is 0.343 e. The maximum Gasteiger partial charge on any atom is 0.343 e. The molecular weight excluding hydrogens is 1290 g/mol. The number of hydrogen-bond acceptors (Lipinski definition) is 9. The van der Waals surface area contributed by atoms with Gasteiger partial charge in [-0.15, -0.1) is 0 Å². The molecule has 0 bridgehead atoms. The summed E-state index contributed by atoms with van der Waals surface area (Å²) < 4.78 is 18.6. The summed E-state index contributed by atoms with van der Waals surface area (Å²) in [4.78, 5) is 49.4. The van der Waals surface area contributed by atoms with Crippen LogP contribution in [0.5, 0.6) is 17.2 Å². The van der Waals surface area contributed by atoms with E-state index in [1.807, 2.05) is 218 Å². The van der Waals surface area contributed by atoms with Crippen LogP contribution in [-0.2, 0) is 11.8 Å². The van der Waals surface area contributed by atoms with Gasteiger partial charge in [-0.25, -0.2) is 14.4 Å². The van der Waals surface area contributed by atoms with Crippen molar-refractivity contribution in [2.45, 2.75) is 18.3 Å². The van der Waals surface area contributed by atoms with Gasteiger partial charge in [-0.1, -0.05) is 231 Å². The topological polar surface area (TPSA) is 88.6 Å². The van der Waals surface area contributed by atoms with Crippen molar-refractivity contribution in [2.24, 2.45) is 0 Å². The van der Waals surface area contributed by atoms with Gasteiger partial charge >= 0.3 is 17.9 Å². The number of carbonyl (C=O) groups excluding carboxylic acids is 3. The summed E-state index contributed by atoms with van der Waals surface area (Å²) in [5, 5.41) is 6.66. The molecule has 0 amide bonds. The summed E-state index contributed by atoms with van der Waals surface area (Å²) in [6, 6.07) is 130. The summed E-state index contributed by atoms with van der Waals surface area (Å²) in [6.07, 6.45) is 1.22. The fourth-order valence-electron chi connectivity index (χ4n) is 14.3. The van der Waals surface area contributed by atoms with E-state index in [4.69, 9.17) is 14.2 Å². The van der Waals surface area contributed by atoms with Gasteiger partial charge in [0, 0.05) is 55.7 Å². The van der Waals surface area contributed by atoms with E-state index >= 15 is 0 Å². The molecule has 0 spiro atoms. The van der Waals surface area contributed by atoms with E-state index in [0.717, 1.165) is 106 Å². The maximum absolute atomic E-state index is 14.3. The zero-order chi connectivity index (χ0) is 70.9. The number of esters is 3. The second kappa shape index (κ2) is 29.7. The Morgan fingerprint density at radius 2 is 0.486 bits per heavy atom. The van der Waals surface area contributed by atoms with Crippen molar-refractivity contribution < 1.29 is 28.6 Å². The molecule has 9 nitrogen and oxygen atoms in total. The average Bonchev–Trinajstić information content (AvgIpc) is 0.748. The monoisotopic (exact) mass is 1360 g/mol. The summed E-state index contributed by atoms with van der Waals surface area (Å²) in [5.74, 6) is -0.436. The van der Waals surface area contributed by atoms with Crippen molar-refractivity contribution in [2.75, 3.05) is 14.7 Å². The highest BCUT2D eigenvalue weighted by atomic mass is 16.5. The molecule has 0 aromatic heterocycles. The van der Waals surface area contributed by atoms with Crippen molar-refractivity contribution in [3.63, 3.8) is 0 Å². The molecule has 0 saturated heterocycles. The van der Waals surface area contributed by atoms with E-state index in [0.29, 0.717) is 46.8 Å². The fraction of sp³-hybridized carbons (Fsp3) is 0.0312. The molecular formula is C96H69N3O6. The molecule has 504 valence electrons. The molecule has 0 fully saturated rings. The van der Waals surface area contributed by atoms with Crippen molar-refractivity contribution in [3.05, 3.63) is 433 Å². The second-order valence-corrected chi connectivity index (χ2v) is 25.8. The van der Waals surface area contributed by atoms with Gasteiger partial charge in [-0.2, -0.15) is 0 Å². The highest BCUT2D eigenvalue weighted by Crippen LogP contribution is 2.47. The summed E-state index contributed by atoms with van der Waals surface area (Å²) >= 11 is 0. The number of anilines is 9. The SMILES string of the molecule is O=C(Oc1ccc(C(CCc2ccccc2)(c2ccc(OC(=O)c3ccc(N(c4ccccc4)c4cccc5ccccc45)cc3)cc2)c2ccc(OC(=O)c3ccc(N(c4ccccc4)c4cccc5ccccc45)cc3)cc2)cc1)c1ccc(N(c2ccccc2)c2cccc3ccccc23)cc1. The first-order valence-electron chi connectivity index (χ1n) is 35.1. The molecule has 0 saturated carbocycles. The Bertz CT molecular complexity index is 5180. The van der Waals surface area contributed by atoms with Crippen LogP contribution in [0.25, 0.3) is 32.3 Å². The quantitative estimate of drug-likeness (QED) is 0.0396. The number of para-hydroxylation sites is 3. The van der Waals surface area contributed by atoms with Gasteiger partial charge in [0.15, 0.2) is 0 Å². The summed E-state index contributed by atoms with van der Waals surface area (Å²) in [5.41, 5.74) is 12.7. The minimum absolute atomic E-state index is 0.361. The molecule has 16 aromatic carbocycles. The molecule has 9 heteroatoms. The predicted octanol–water partition coefficient (Wildman–Crippen LogP) is 24.2. The number of nitrogens with zero attached hydrogens (tertiary/aromatic N) is 3. The third-order valence-electron chi connectivity index (χ3n) is 19.5. The number of fused-ring (bicyclic) bond motifs is 3. The summed E-state index contributed by atoms with van der Waals surface area (Å²) in [7, 11) is 0. The Morgan fingerprint density at radius 3 is 0.781 bits per heavy atom. The molecule has 105 heavy (non-hydrogen) atoms. The number of ether oxygens (including phenoxy) is 3. The van der Waals surface area contributed by atoms with E-state index in [1.165, 1.54) is 0 Å². The predicted molar refractivity (Wildman–Crippen MR) is 425 cm³/mol. The van der Waals surface area contributed by atoms with E-state index in [-0.39, 0.29) is 0 Å². The Kier molecular flexibility index (Phi) is 18.6. The van der Waals surface area contributed by atoms with Gasteiger partial charge < -0.3 is 28.9 Å². The van der Waals surface area contributed by atoms with Crippen molar-refractivity contribution in [1.82, 2.24) is 0 Å². The molecule has 0 N–H and O–H groups in total. The lowest BCUT2D eigenvalue weighted by atomic mass is 9.66. The van der Waals surface area contributed by atoms with Crippen LogP contribution >= 0.6 is 0 Å². The van der Waals surface area contributed by atoms with Gasteiger partial charge in [0.2, 0.25) is 0 Å². The number of benzene rings is 16. The van der Waals surface area contributed by atoms with Crippen LogP contribution < -0.4 is 28.9 Å². The Hall–Kier alpha value is -13.9. The number of rotatable bonds is 21. The van der Waals surface area contributed by atoms with E-state index in [1.54, 1.807) is 36.4 Å². The van der Waals surface area contributed by atoms with Crippen LogP contribution in [0, 0.1) is 0 Å². The van der Waals surface area contributed by atoms with Gasteiger partial charge in [0.1, 0.15) is 17.2 Å². The second-order valence-electron chi connectivity index (χ2n) is 25.8. The van der Waals surface area contributed by atoms with E-state index < -0.39 is 23.3 Å². The van der Waals surface area contributed by atoms with E-state index in [2.05, 4.69) is 154 Å². The van der Waals surface area contributed by atoms with Crippen molar-refractivity contribution in [1.29, 1.82) is 0 Å². The normalized spacial score (nSPS) is 11.2. The third kappa shape index (κ3) is 13.8. The first-order chi connectivity index (χ1) is 51.8. The molecule has 0 aliphatic heterocycles. The molecule has 0 heterocycles. The van der Waals surface area contributed by atoms with Crippen molar-refractivity contribution >= 4 is 101 Å². The minimum atomic E-state index is -0.900. The molecule has 16 rings (SSSR count). The van der Waals surface area contributed by atoms with Crippen LogP contribution in [0.1, 0.15) is 59.7 Å². The Morgan fingerprint density at radius 1 is 0.238 bits per heavy atom. The first kappa shape index (κ1) is 65.7. The molecule has 0 unspecified atom stereocenters. The van der Waals surface area contributed by atoms with Gasteiger partial charge in [0.25, 0.3) is 0 Å². The van der Waals surface area contributed by atoms with Gasteiger partial charge in [-0.3, -0.25) is 0 Å². The maximum atomic E-state index is 14.3. The molecule has 0 aliphatic rings. The van der Waals surface area contributed by atoms with Crippen LogP contribution in [0.4, 0.5) is 51.2 Å². The number of hydrogen-bond donors (Lipinski definition) is 0. The van der Waals surface area contributed by atoms with E-state index in [9.17, 15) is 14.4 Å². The average molecular weight is 1360 g/mol. The lowest BCUT2D eigenvalue weighted by Crippen LogP contribution is -2.30. The number of aryl methyl sites for hydroxylation is 1. The minimum Gasteiger partial charge on any atom is -0.423 e. The standard InChI is InChI=1S/C96H69N3O6/c100-93(72-42-54-81(55-43-72)97(78-30-7-2-8-31-78)90-39-19-27-69-24-13-16-36-87(69)90)103-84-60-48-75(49-61-84)96(67-66-68-22-5-1-6-23-68,76-50-62-85(63-51-76)104-94(101)73-44-56-82(57-45-73)98(79-32-9-3-10-33-79)91-40-20-28-70-25-14-17-37-88(70)91)77-52-64-86(65-53-77)105-95(102)74-46-58-83(59-47-74)99(80-34-11-4-12-35-80)92-41-21-29-71-26-15-18-38-89(71)92/h1-65H,66-67H2. The molecule has 0 atom stereocenters. The molecule has 16 aromatic rings. The molecule has 0 aliphatic carbocycles. The largest absolute Gasteiger partial charge is 0.423 e. The van der Waals surface area contributed by atoms with Crippen molar-refractivity contribution in [3.8, 4) is 17.2 Å². The Balaban J connectivity index is 0.707. The zero-order valence-electron chi connectivity index (χ0n) is 57.2. The fourth-order valence-corrected chi connectivity index (χ4v) is 14.3. The van der Waals surface area contributed by atoms with Crippen LogP contribution in [0.3, 0.4) is 0 Å². The van der Waals surface area contributed by atoms with Crippen LogP contribution in [0.15, 0.2) is 394 Å². The Labute approximate surface area is 609 Å². The highest BCUT2D eigenvalue weighted by molar-refractivity contribution is 6.02. The van der Waals surface area contributed by atoms with Crippen LogP contribution in [-0.4, -0.2) is 17.9 Å². The number of carbonyl (C=O) groups is 3. The lowest BCUT2D eigenvalue weighted by Gasteiger charge is -2.36. The zero-order valence-corrected chi connectivity index (χ0v) is 57.2. The first-order valence-corrected chi connectivity index (χ1v) is 35.1. The third-order valence-corrected chi connectivity index (χ3v) is 19.5. The lowest BCUT2D eigenvalue weighted by molar-refractivity contribution is 0.0725.